The number of carbonyl (C=O) groups excluding carboxylic acids is 1. The van der Waals surface area contributed by atoms with Gasteiger partial charge in [-0.3, -0.25) is 4.79 Å². The van der Waals surface area contributed by atoms with E-state index in [0.29, 0.717) is 19.6 Å². The zero-order chi connectivity index (χ0) is 19.3. The second-order valence-electron chi connectivity index (χ2n) is 6.89. The highest BCUT2D eigenvalue weighted by Crippen LogP contribution is 2.33. The summed E-state index contributed by atoms with van der Waals surface area (Å²) in [4.78, 5) is 14.5. The van der Waals surface area contributed by atoms with Crippen LogP contribution in [-0.2, 0) is 24.4 Å². The Morgan fingerprint density at radius 1 is 0.857 bits per heavy atom. The topological polar surface area (TPSA) is 38.8 Å². The van der Waals surface area contributed by atoms with E-state index in [4.69, 9.17) is 9.47 Å². The lowest BCUT2D eigenvalue weighted by Crippen LogP contribution is -2.34. The van der Waals surface area contributed by atoms with Crippen LogP contribution in [0, 0.1) is 0 Å². The lowest BCUT2D eigenvalue weighted by Gasteiger charge is -2.30. The molecule has 0 radical (unpaired) electrons. The Morgan fingerprint density at radius 3 is 2.36 bits per heavy atom. The average Bonchev–Trinajstić information content (AvgIpc) is 2.75. The molecule has 0 aromatic heterocycles. The third kappa shape index (κ3) is 4.01. The summed E-state index contributed by atoms with van der Waals surface area (Å²) in [6.45, 7) is 1.05. The van der Waals surface area contributed by atoms with Gasteiger partial charge in [-0.05, 0) is 41.3 Å². The fourth-order valence-corrected chi connectivity index (χ4v) is 3.43. The Balaban J connectivity index is 1.54. The summed E-state index contributed by atoms with van der Waals surface area (Å²) < 4.78 is 11.2. The first-order valence-electron chi connectivity index (χ1n) is 9.46. The predicted octanol–water partition coefficient (Wildman–Crippen LogP) is 4.75. The van der Waals surface area contributed by atoms with Crippen LogP contribution >= 0.6 is 0 Å². The number of ether oxygens (including phenoxy) is 2. The van der Waals surface area contributed by atoms with Gasteiger partial charge in [0.2, 0.25) is 5.91 Å². The number of hydrogen-bond acceptors (Lipinski definition) is 3. The second-order valence-corrected chi connectivity index (χ2v) is 6.89. The molecule has 1 aliphatic heterocycles. The maximum atomic E-state index is 12.6. The van der Waals surface area contributed by atoms with Crippen molar-refractivity contribution < 1.29 is 14.3 Å². The molecule has 28 heavy (non-hydrogen) atoms. The number of hydrogen-bond donors (Lipinski definition) is 0. The number of nitrogens with zero attached hydrogens (tertiary/aromatic N) is 1. The molecular formula is C24H23NO3. The summed E-state index contributed by atoms with van der Waals surface area (Å²) in [6, 6.07) is 24.0. The first-order valence-corrected chi connectivity index (χ1v) is 9.46. The molecule has 0 spiro atoms. The van der Waals surface area contributed by atoms with Crippen molar-refractivity contribution in [1.29, 1.82) is 0 Å². The maximum Gasteiger partial charge on any atom is 0.227 e. The van der Waals surface area contributed by atoms with Crippen LogP contribution in [0.15, 0.2) is 72.8 Å². The van der Waals surface area contributed by atoms with Gasteiger partial charge in [0.25, 0.3) is 0 Å². The van der Waals surface area contributed by atoms with Crippen molar-refractivity contribution in [3.63, 3.8) is 0 Å². The third-order valence-corrected chi connectivity index (χ3v) is 5.00. The van der Waals surface area contributed by atoms with Crippen LogP contribution in [0.5, 0.6) is 11.5 Å². The van der Waals surface area contributed by atoms with Gasteiger partial charge in [-0.2, -0.15) is 0 Å². The van der Waals surface area contributed by atoms with Crippen LogP contribution in [0.3, 0.4) is 0 Å². The number of methoxy groups -OCH3 is 1. The highest BCUT2D eigenvalue weighted by atomic mass is 16.5. The molecule has 1 aliphatic rings. The number of fused-ring (bicyclic) bond motifs is 1. The Kier molecular flexibility index (Phi) is 5.29. The van der Waals surface area contributed by atoms with Crippen molar-refractivity contribution in [3.8, 4) is 11.5 Å². The lowest BCUT2D eigenvalue weighted by atomic mass is 10.00. The molecule has 0 bridgehead atoms. The molecule has 0 saturated carbocycles. The smallest absolute Gasteiger partial charge is 0.227 e. The van der Waals surface area contributed by atoms with Gasteiger partial charge < -0.3 is 14.4 Å². The zero-order valence-corrected chi connectivity index (χ0v) is 15.9. The van der Waals surface area contributed by atoms with E-state index in [0.717, 1.165) is 34.7 Å². The highest BCUT2D eigenvalue weighted by molar-refractivity contribution is 5.96. The zero-order valence-electron chi connectivity index (χ0n) is 15.9. The Morgan fingerprint density at radius 2 is 1.61 bits per heavy atom. The number of aryl methyl sites for hydroxylation is 1. The van der Waals surface area contributed by atoms with E-state index in [1.54, 1.807) is 7.11 Å². The van der Waals surface area contributed by atoms with E-state index in [1.807, 2.05) is 71.6 Å². The van der Waals surface area contributed by atoms with E-state index < -0.39 is 0 Å². The largest absolute Gasteiger partial charge is 0.497 e. The number of benzene rings is 3. The molecule has 3 aromatic carbocycles. The van der Waals surface area contributed by atoms with Gasteiger partial charge in [-0.1, -0.05) is 48.5 Å². The van der Waals surface area contributed by atoms with E-state index in [9.17, 15) is 4.79 Å². The van der Waals surface area contributed by atoms with E-state index in [-0.39, 0.29) is 5.91 Å². The highest BCUT2D eigenvalue weighted by Gasteiger charge is 2.24. The number of carbonyl (C=O) groups is 1. The fourth-order valence-electron chi connectivity index (χ4n) is 3.43. The molecule has 4 heteroatoms. The summed E-state index contributed by atoms with van der Waals surface area (Å²) >= 11 is 0. The molecule has 1 amide bonds. The molecule has 0 unspecified atom stereocenters. The minimum absolute atomic E-state index is 0.142. The Bertz CT molecular complexity index is 951. The molecule has 0 fully saturated rings. The van der Waals surface area contributed by atoms with Crippen molar-refractivity contribution in [2.75, 3.05) is 12.0 Å². The normalized spacial score (nSPS) is 13.2. The number of amides is 1. The average molecular weight is 373 g/mol. The summed E-state index contributed by atoms with van der Waals surface area (Å²) in [6.07, 6.45) is 1.31. The first kappa shape index (κ1) is 18.1. The molecule has 0 N–H and O–H groups in total. The third-order valence-electron chi connectivity index (χ3n) is 5.00. The van der Waals surface area contributed by atoms with Crippen LogP contribution in [0.2, 0.25) is 0 Å². The molecule has 0 aliphatic carbocycles. The molecule has 4 rings (SSSR count). The second kappa shape index (κ2) is 8.17. The monoisotopic (exact) mass is 373 g/mol. The maximum absolute atomic E-state index is 12.6. The summed E-state index contributed by atoms with van der Waals surface area (Å²) in [5, 5.41) is 0. The van der Waals surface area contributed by atoms with Crippen LogP contribution < -0.4 is 14.4 Å². The fraction of sp³-hybridized carbons (Fsp3) is 0.208. The van der Waals surface area contributed by atoms with E-state index >= 15 is 0 Å². The summed E-state index contributed by atoms with van der Waals surface area (Å²) in [7, 11) is 1.65. The van der Waals surface area contributed by atoms with Gasteiger partial charge in [0, 0.05) is 12.5 Å². The standard InChI is InChI=1S/C24H23NO3/c1-27-21-11-7-18(8-12-21)16-25-23-15-22(13-9-20(23)10-14-24(25)26)28-17-19-5-3-2-4-6-19/h2-9,11-13,15H,10,14,16-17H2,1H3. The molecule has 0 saturated heterocycles. The Hall–Kier alpha value is -3.27. The summed E-state index contributed by atoms with van der Waals surface area (Å²) in [5.74, 6) is 1.73. The minimum Gasteiger partial charge on any atom is -0.497 e. The van der Waals surface area contributed by atoms with Crippen LogP contribution in [-0.4, -0.2) is 13.0 Å². The molecule has 4 nitrogen and oxygen atoms in total. The molecule has 0 atom stereocenters. The molecule has 3 aromatic rings. The SMILES string of the molecule is COc1ccc(CN2C(=O)CCc3ccc(OCc4ccccc4)cc32)cc1. The molecule has 1 heterocycles. The minimum atomic E-state index is 0.142. The van der Waals surface area contributed by atoms with Gasteiger partial charge in [-0.15, -0.1) is 0 Å². The van der Waals surface area contributed by atoms with Crippen LogP contribution in [0.25, 0.3) is 0 Å². The quantitative estimate of drug-likeness (QED) is 0.626. The van der Waals surface area contributed by atoms with Crippen molar-refractivity contribution in [2.45, 2.75) is 26.0 Å². The van der Waals surface area contributed by atoms with Gasteiger partial charge >= 0.3 is 0 Å². The summed E-state index contributed by atoms with van der Waals surface area (Å²) in [5.41, 5.74) is 4.31. The Labute approximate surface area is 165 Å². The lowest BCUT2D eigenvalue weighted by molar-refractivity contribution is -0.119. The van der Waals surface area contributed by atoms with Gasteiger partial charge in [0.15, 0.2) is 0 Å². The van der Waals surface area contributed by atoms with Crippen molar-refractivity contribution in [2.24, 2.45) is 0 Å². The van der Waals surface area contributed by atoms with Crippen LogP contribution in [0.4, 0.5) is 5.69 Å². The van der Waals surface area contributed by atoms with Gasteiger partial charge in [-0.25, -0.2) is 0 Å². The van der Waals surface area contributed by atoms with Crippen molar-refractivity contribution in [1.82, 2.24) is 0 Å². The molecule has 142 valence electrons. The van der Waals surface area contributed by atoms with E-state index in [2.05, 4.69) is 6.07 Å². The van der Waals surface area contributed by atoms with Gasteiger partial charge in [0.1, 0.15) is 18.1 Å². The van der Waals surface area contributed by atoms with Crippen molar-refractivity contribution in [3.05, 3.63) is 89.5 Å². The molecular weight excluding hydrogens is 350 g/mol. The number of anilines is 1. The number of rotatable bonds is 6. The van der Waals surface area contributed by atoms with Crippen LogP contribution in [0.1, 0.15) is 23.1 Å². The first-order chi connectivity index (χ1) is 13.7. The van der Waals surface area contributed by atoms with Crippen molar-refractivity contribution >= 4 is 11.6 Å². The van der Waals surface area contributed by atoms with Gasteiger partial charge in [0.05, 0.1) is 19.3 Å². The predicted molar refractivity (Wildman–Crippen MR) is 110 cm³/mol. The van der Waals surface area contributed by atoms with E-state index in [1.165, 1.54) is 5.56 Å².